The molecule has 1 amide bonds. The minimum Gasteiger partial charge on any atom is -0.365 e. The first-order valence-corrected chi connectivity index (χ1v) is 5.17. The number of hydrogen-bond donors (Lipinski definition) is 2. The number of fused-ring (bicyclic) bond motifs is 3. The summed E-state index contributed by atoms with van der Waals surface area (Å²) in [5, 5.41) is 1.75. The van der Waals surface area contributed by atoms with Crippen molar-refractivity contribution in [3.05, 3.63) is 47.8 Å². The number of H-pyrrole nitrogens is 1. The van der Waals surface area contributed by atoms with Crippen molar-refractivity contribution in [2.45, 2.75) is 0 Å². The van der Waals surface area contributed by atoms with Gasteiger partial charge in [-0.15, -0.1) is 0 Å². The second-order valence-electron chi connectivity index (χ2n) is 3.88. The van der Waals surface area contributed by atoms with Crippen molar-refractivity contribution in [1.82, 2.24) is 4.98 Å². The summed E-state index contributed by atoms with van der Waals surface area (Å²) in [7, 11) is 0. The van der Waals surface area contributed by atoms with E-state index in [0.717, 1.165) is 16.3 Å². The number of halogens is 1. The third-order valence-corrected chi connectivity index (χ3v) is 2.88. The van der Waals surface area contributed by atoms with Gasteiger partial charge in [-0.2, -0.15) is 0 Å². The number of hydrogen-bond acceptors (Lipinski definition) is 1. The molecule has 0 aliphatic rings. The summed E-state index contributed by atoms with van der Waals surface area (Å²) in [5.74, 6) is -1.36. The van der Waals surface area contributed by atoms with Gasteiger partial charge in [0, 0.05) is 16.3 Å². The lowest BCUT2D eigenvalue weighted by molar-refractivity contribution is 0.0998. The van der Waals surface area contributed by atoms with Gasteiger partial charge in [0.25, 0.3) is 5.91 Å². The number of aromatic amines is 1. The molecule has 0 atom stereocenters. The first-order chi connectivity index (χ1) is 8.18. The maximum Gasteiger partial charge on any atom is 0.253 e. The quantitative estimate of drug-likeness (QED) is 0.660. The molecule has 84 valence electrons. The Labute approximate surface area is 96.0 Å². The van der Waals surface area contributed by atoms with Gasteiger partial charge in [-0.25, -0.2) is 4.39 Å². The van der Waals surface area contributed by atoms with Crippen LogP contribution in [-0.4, -0.2) is 10.9 Å². The molecule has 3 rings (SSSR count). The van der Waals surface area contributed by atoms with Crippen LogP contribution in [0.25, 0.3) is 21.8 Å². The van der Waals surface area contributed by atoms with E-state index in [1.165, 1.54) is 6.07 Å². The predicted octanol–water partition coefficient (Wildman–Crippen LogP) is 2.56. The summed E-state index contributed by atoms with van der Waals surface area (Å²) in [5.41, 5.74) is 6.43. The van der Waals surface area contributed by atoms with Crippen molar-refractivity contribution in [2.75, 3.05) is 0 Å². The zero-order chi connectivity index (χ0) is 12.0. The van der Waals surface area contributed by atoms with Crippen molar-refractivity contribution >= 4 is 27.7 Å². The molecule has 3 N–H and O–H groups in total. The fourth-order valence-corrected chi connectivity index (χ4v) is 2.13. The number of primary amides is 1. The van der Waals surface area contributed by atoms with E-state index in [0.29, 0.717) is 5.52 Å². The molecule has 0 aliphatic carbocycles. The Morgan fingerprint density at radius 2 is 1.88 bits per heavy atom. The molecule has 3 nitrogen and oxygen atoms in total. The van der Waals surface area contributed by atoms with E-state index < -0.39 is 11.7 Å². The number of para-hydroxylation sites is 1. The molecule has 1 heterocycles. The van der Waals surface area contributed by atoms with Crippen molar-refractivity contribution < 1.29 is 9.18 Å². The van der Waals surface area contributed by atoms with Crippen LogP contribution in [0.5, 0.6) is 0 Å². The van der Waals surface area contributed by atoms with Crippen LogP contribution < -0.4 is 5.73 Å². The molecule has 3 aromatic rings. The summed E-state index contributed by atoms with van der Waals surface area (Å²) >= 11 is 0. The maximum atomic E-state index is 13.6. The minimum atomic E-state index is -0.764. The van der Waals surface area contributed by atoms with Gasteiger partial charge in [-0.05, 0) is 18.2 Å². The Bertz CT molecular complexity index is 746. The summed E-state index contributed by atoms with van der Waals surface area (Å²) in [6.07, 6.45) is 0. The van der Waals surface area contributed by atoms with Crippen LogP contribution in [0.3, 0.4) is 0 Å². The third kappa shape index (κ3) is 1.30. The largest absolute Gasteiger partial charge is 0.365 e. The zero-order valence-corrected chi connectivity index (χ0v) is 8.83. The second kappa shape index (κ2) is 3.31. The molecule has 0 saturated heterocycles. The van der Waals surface area contributed by atoms with Crippen LogP contribution in [0.1, 0.15) is 10.4 Å². The van der Waals surface area contributed by atoms with Gasteiger partial charge < -0.3 is 10.7 Å². The molecule has 0 bridgehead atoms. The van der Waals surface area contributed by atoms with Crippen LogP contribution in [-0.2, 0) is 0 Å². The standard InChI is InChI=1S/C13H9FN2O/c14-9-6-5-8-7-3-1-2-4-10(7)16-12(8)11(9)13(15)17/h1-6,16H,(H2,15,17). The number of aromatic nitrogens is 1. The Morgan fingerprint density at radius 3 is 2.65 bits per heavy atom. The fourth-order valence-electron chi connectivity index (χ4n) is 2.13. The van der Waals surface area contributed by atoms with Crippen molar-refractivity contribution in [1.29, 1.82) is 0 Å². The smallest absolute Gasteiger partial charge is 0.253 e. The molecule has 0 saturated carbocycles. The minimum absolute atomic E-state index is 0.0845. The van der Waals surface area contributed by atoms with Crippen LogP contribution in [0, 0.1) is 5.82 Å². The van der Waals surface area contributed by atoms with E-state index in [1.54, 1.807) is 6.07 Å². The fraction of sp³-hybridized carbons (Fsp3) is 0. The van der Waals surface area contributed by atoms with Crippen molar-refractivity contribution in [3.63, 3.8) is 0 Å². The van der Waals surface area contributed by atoms with E-state index in [-0.39, 0.29) is 5.56 Å². The third-order valence-electron chi connectivity index (χ3n) is 2.88. The van der Waals surface area contributed by atoms with Crippen LogP contribution in [0.2, 0.25) is 0 Å². The van der Waals surface area contributed by atoms with E-state index in [4.69, 9.17) is 5.73 Å². The van der Waals surface area contributed by atoms with Crippen molar-refractivity contribution in [3.8, 4) is 0 Å². The van der Waals surface area contributed by atoms with Gasteiger partial charge in [0.1, 0.15) is 5.82 Å². The first kappa shape index (κ1) is 9.84. The molecule has 1 aromatic heterocycles. The Balaban J connectivity index is 2.56. The zero-order valence-electron chi connectivity index (χ0n) is 8.83. The number of nitrogens with two attached hydrogens (primary N) is 1. The summed E-state index contributed by atoms with van der Waals surface area (Å²) < 4.78 is 13.6. The Hall–Kier alpha value is -2.36. The lowest BCUT2D eigenvalue weighted by atomic mass is 10.1. The maximum absolute atomic E-state index is 13.6. The number of amides is 1. The Kier molecular flexibility index (Phi) is 1.92. The highest BCUT2D eigenvalue weighted by molar-refractivity contribution is 6.14. The van der Waals surface area contributed by atoms with Gasteiger partial charge in [0.15, 0.2) is 0 Å². The summed E-state index contributed by atoms with van der Waals surface area (Å²) in [4.78, 5) is 14.3. The number of nitrogens with one attached hydrogen (secondary N) is 1. The van der Waals surface area contributed by atoms with Gasteiger partial charge in [-0.3, -0.25) is 4.79 Å². The molecular formula is C13H9FN2O. The monoisotopic (exact) mass is 228 g/mol. The number of benzene rings is 2. The van der Waals surface area contributed by atoms with Crippen LogP contribution >= 0.6 is 0 Å². The van der Waals surface area contributed by atoms with Gasteiger partial charge in [0.2, 0.25) is 0 Å². The molecule has 0 radical (unpaired) electrons. The predicted molar refractivity (Wildman–Crippen MR) is 64.3 cm³/mol. The molecule has 17 heavy (non-hydrogen) atoms. The Morgan fingerprint density at radius 1 is 1.12 bits per heavy atom. The summed E-state index contributed by atoms with van der Waals surface area (Å²) in [6.45, 7) is 0. The van der Waals surface area contributed by atoms with Gasteiger partial charge in [0.05, 0.1) is 11.1 Å². The first-order valence-electron chi connectivity index (χ1n) is 5.17. The number of carbonyl (C=O) groups excluding carboxylic acids is 1. The molecule has 4 heteroatoms. The highest BCUT2D eigenvalue weighted by Gasteiger charge is 2.15. The lowest BCUT2D eigenvalue weighted by Crippen LogP contribution is -2.13. The van der Waals surface area contributed by atoms with Crippen LogP contribution in [0.4, 0.5) is 4.39 Å². The summed E-state index contributed by atoms with van der Waals surface area (Å²) in [6, 6.07) is 10.5. The average molecular weight is 228 g/mol. The van der Waals surface area contributed by atoms with E-state index in [2.05, 4.69) is 4.98 Å². The number of carbonyl (C=O) groups is 1. The van der Waals surface area contributed by atoms with Gasteiger partial charge in [-0.1, -0.05) is 18.2 Å². The van der Waals surface area contributed by atoms with Gasteiger partial charge >= 0.3 is 0 Å². The van der Waals surface area contributed by atoms with E-state index in [9.17, 15) is 9.18 Å². The second-order valence-corrected chi connectivity index (χ2v) is 3.88. The van der Waals surface area contributed by atoms with E-state index >= 15 is 0 Å². The van der Waals surface area contributed by atoms with Crippen molar-refractivity contribution in [2.24, 2.45) is 5.73 Å². The number of rotatable bonds is 1. The highest BCUT2D eigenvalue weighted by Crippen LogP contribution is 2.28. The SMILES string of the molecule is NC(=O)c1c(F)ccc2c1[nH]c1ccccc12. The lowest BCUT2D eigenvalue weighted by Gasteiger charge is -1.99. The molecule has 0 unspecified atom stereocenters. The molecule has 0 aliphatic heterocycles. The molecule has 2 aromatic carbocycles. The van der Waals surface area contributed by atoms with E-state index in [1.807, 2.05) is 24.3 Å². The van der Waals surface area contributed by atoms with Crippen LogP contribution in [0.15, 0.2) is 36.4 Å². The molecular weight excluding hydrogens is 219 g/mol. The highest BCUT2D eigenvalue weighted by atomic mass is 19.1. The average Bonchev–Trinajstić information content (AvgIpc) is 2.66. The molecule has 0 spiro atoms. The topological polar surface area (TPSA) is 58.9 Å². The normalized spacial score (nSPS) is 11.1. The molecule has 0 fully saturated rings.